The third kappa shape index (κ3) is 5.81. The fraction of sp³-hybridized carbons (Fsp3) is 0.231. The minimum absolute atomic E-state index is 0.00333. The second-order valence-electron chi connectivity index (χ2n) is 7.85. The fourth-order valence-corrected chi connectivity index (χ4v) is 4.76. The number of nitrogens with one attached hydrogen (secondary N) is 1. The first-order valence-electron chi connectivity index (χ1n) is 11.0. The molecule has 1 aliphatic heterocycles. The predicted molar refractivity (Wildman–Crippen MR) is 137 cm³/mol. The first kappa shape index (κ1) is 24.3. The number of pyridine rings is 1. The third-order valence-corrected chi connectivity index (χ3v) is 6.61. The molecule has 180 valence electrons. The van der Waals surface area contributed by atoms with Crippen molar-refractivity contribution in [3.63, 3.8) is 0 Å². The summed E-state index contributed by atoms with van der Waals surface area (Å²) in [6.07, 6.45) is 1.69. The predicted octanol–water partition coefficient (Wildman–Crippen LogP) is 4.57. The number of rotatable bonds is 8. The first-order valence-corrected chi connectivity index (χ1v) is 11.9. The van der Waals surface area contributed by atoms with Gasteiger partial charge < -0.3 is 14.8 Å². The molecule has 2 aromatic carbocycles. The minimum Gasteiger partial charge on any atom is -0.493 e. The highest BCUT2D eigenvalue weighted by Crippen LogP contribution is 2.34. The van der Waals surface area contributed by atoms with Crippen molar-refractivity contribution in [2.45, 2.75) is 25.1 Å². The summed E-state index contributed by atoms with van der Waals surface area (Å²) < 4.78 is 10.5. The molecule has 2 amide bonds. The summed E-state index contributed by atoms with van der Waals surface area (Å²) in [7, 11) is 3.08. The molecule has 8 nitrogen and oxygen atoms in total. The molecule has 9 heteroatoms. The van der Waals surface area contributed by atoms with Crippen molar-refractivity contribution >= 4 is 40.1 Å². The van der Waals surface area contributed by atoms with Crippen LogP contribution in [0.5, 0.6) is 11.5 Å². The van der Waals surface area contributed by atoms with Crippen LogP contribution in [0.4, 0.5) is 11.4 Å². The van der Waals surface area contributed by atoms with Crippen molar-refractivity contribution in [3.05, 3.63) is 78.1 Å². The Morgan fingerprint density at radius 3 is 2.57 bits per heavy atom. The van der Waals surface area contributed by atoms with Crippen molar-refractivity contribution in [3.8, 4) is 11.5 Å². The molecule has 1 unspecified atom stereocenters. The zero-order valence-electron chi connectivity index (χ0n) is 19.7. The van der Waals surface area contributed by atoms with Crippen LogP contribution in [0.15, 0.2) is 71.9 Å². The van der Waals surface area contributed by atoms with E-state index in [1.54, 1.807) is 36.4 Å². The van der Waals surface area contributed by atoms with Crippen molar-refractivity contribution in [2.75, 3.05) is 19.5 Å². The quantitative estimate of drug-likeness (QED) is 0.497. The monoisotopic (exact) mass is 490 g/mol. The van der Waals surface area contributed by atoms with Gasteiger partial charge in [0.15, 0.2) is 16.7 Å². The van der Waals surface area contributed by atoms with Gasteiger partial charge in [-0.05, 0) is 42.8 Å². The molecule has 1 atom stereocenters. The maximum Gasteiger partial charge on any atom is 0.243 e. The molecule has 0 spiro atoms. The molecule has 4 rings (SSSR count). The Morgan fingerprint density at radius 1 is 1.09 bits per heavy atom. The van der Waals surface area contributed by atoms with Crippen LogP contribution in [-0.2, 0) is 16.1 Å². The van der Waals surface area contributed by atoms with E-state index in [9.17, 15) is 9.59 Å². The summed E-state index contributed by atoms with van der Waals surface area (Å²) in [5.74, 6) is 0.619. The molecule has 1 saturated heterocycles. The summed E-state index contributed by atoms with van der Waals surface area (Å²) in [5, 5.41) is 2.80. The molecule has 1 aromatic heterocycles. The average Bonchev–Trinajstić information content (AvgIpc) is 3.14. The molecule has 1 N–H and O–H groups in total. The van der Waals surface area contributed by atoms with E-state index in [4.69, 9.17) is 14.5 Å². The zero-order valence-corrected chi connectivity index (χ0v) is 20.5. The number of amides is 2. The van der Waals surface area contributed by atoms with Gasteiger partial charge >= 0.3 is 0 Å². The Kier molecular flexibility index (Phi) is 7.67. The van der Waals surface area contributed by atoms with Crippen LogP contribution in [0.3, 0.4) is 0 Å². The van der Waals surface area contributed by atoms with Gasteiger partial charge in [-0.1, -0.05) is 36.0 Å². The summed E-state index contributed by atoms with van der Waals surface area (Å²) >= 11 is 1.30. The smallest absolute Gasteiger partial charge is 0.243 e. The number of aliphatic imine (C=N–C) groups is 1. The number of hydrogen-bond acceptors (Lipinski definition) is 7. The Labute approximate surface area is 208 Å². The number of nitrogens with zero attached hydrogens (tertiary/aromatic N) is 3. The number of para-hydroxylation sites is 1. The van der Waals surface area contributed by atoms with Crippen molar-refractivity contribution in [1.82, 2.24) is 9.88 Å². The Balaban J connectivity index is 1.53. The number of methoxy groups -OCH3 is 2. The van der Waals surface area contributed by atoms with Crippen LogP contribution in [-0.4, -0.2) is 46.3 Å². The van der Waals surface area contributed by atoms with E-state index in [2.05, 4.69) is 10.3 Å². The number of aryl methyl sites for hydroxylation is 1. The average molecular weight is 491 g/mol. The van der Waals surface area contributed by atoms with Crippen LogP contribution in [0.2, 0.25) is 0 Å². The lowest BCUT2D eigenvalue weighted by atomic mass is 10.2. The standard InChI is InChI=1S/C26H26N4O4S/c1-17-8-4-5-10-20(17)29-26-30(16-19-9-6-7-13-27-19)25(32)23(35-26)15-24(31)28-18-11-12-21(33-2)22(14-18)34-3/h4-14,23H,15-16H2,1-3H3,(H,28,31). The molecule has 1 fully saturated rings. The fourth-order valence-electron chi connectivity index (χ4n) is 3.61. The highest BCUT2D eigenvalue weighted by molar-refractivity contribution is 8.15. The topological polar surface area (TPSA) is 93.1 Å². The second kappa shape index (κ2) is 11.1. The number of anilines is 1. The van der Waals surface area contributed by atoms with E-state index < -0.39 is 5.25 Å². The van der Waals surface area contributed by atoms with Gasteiger partial charge in [-0.25, -0.2) is 4.99 Å². The molecule has 35 heavy (non-hydrogen) atoms. The summed E-state index contributed by atoms with van der Waals surface area (Å²) in [6.45, 7) is 2.25. The highest BCUT2D eigenvalue weighted by atomic mass is 32.2. The van der Waals surface area contributed by atoms with E-state index in [1.165, 1.54) is 18.9 Å². The molecule has 0 saturated carbocycles. The number of amidine groups is 1. The number of thioether (sulfide) groups is 1. The number of carbonyl (C=O) groups is 2. The Hall–Kier alpha value is -3.85. The van der Waals surface area contributed by atoms with Gasteiger partial charge in [-0.15, -0.1) is 0 Å². The molecule has 0 radical (unpaired) electrons. The van der Waals surface area contributed by atoms with E-state index in [-0.39, 0.29) is 24.8 Å². The van der Waals surface area contributed by atoms with Crippen LogP contribution in [0.25, 0.3) is 0 Å². The second-order valence-corrected chi connectivity index (χ2v) is 9.02. The van der Waals surface area contributed by atoms with Crippen LogP contribution in [0, 0.1) is 6.92 Å². The molecule has 0 bridgehead atoms. The van der Waals surface area contributed by atoms with Gasteiger partial charge in [0.05, 0.1) is 32.1 Å². The Bertz CT molecular complexity index is 1250. The summed E-state index contributed by atoms with van der Waals surface area (Å²) in [4.78, 5) is 36.9. The molecular weight excluding hydrogens is 464 g/mol. The lowest BCUT2D eigenvalue weighted by Gasteiger charge is -2.16. The highest BCUT2D eigenvalue weighted by Gasteiger charge is 2.39. The van der Waals surface area contributed by atoms with E-state index in [1.807, 2.05) is 49.4 Å². The summed E-state index contributed by atoms with van der Waals surface area (Å²) in [6, 6.07) is 18.4. The van der Waals surface area contributed by atoms with Gasteiger partial charge in [-0.2, -0.15) is 0 Å². The minimum atomic E-state index is -0.596. The molecular formula is C26H26N4O4S. The van der Waals surface area contributed by atoms with Crippen molar-refractivity contribution in [2.24, 2.45) is 4.99 Å². The molecule has 1 aliphatic rings. The number of ether oxygens (including phenoxy) is 2. The number of hydrogen-bond donors (Lipinski definition) is 1. The Morgan fingerprint density at radius 2 is 1.86 bits per heavy atom. The van der Waals surface area contributed by atoms with Gasteiger partial charge in [0.2, 0.25) is 11.8 Å². The maximum atomic E-state index is 13.3. The van der Waals surface area contributed by atoms with E-state index in [0.717, 1.165) is 16.9 Å². The summed E-state index contributed by atoms with van der Waals surface area (Å²) in [5.41, 5.74) is 3.08. The number of aromatic nitrogens is 1. The van der Waals surface area contributed by atoms with E-state index in [0.29, 0.717) is 22.4 Å². The van der Waals surface area contributed by atoms with Gasteiger partial charge in [0.25, 0.3) is 0 Å². The van der Waals surface area contributed by atoms with Gasteiger partial charge in [-0.3, -0.25) is 19.5 Å². The van der Waals surface area contributed by atoms with Gasteiger partial charge in [0, 0.05) is 24.4 Å². The number of carbonyl (C=O) groups excluding carboxylic acids is 2. The first-order chi connectivity index (χ1) is 17.0. The lowest BCUT2D eigenvalue weighted by molar-refractivity contribution is -0.128. The molecule has 3 aromatic rings. The zero-order chi connectivity index (χ0) is 24.8. The third-order valence-electron chi connectivity index (χ3n) is 5.44. The molecule has 2 heterocycles. The van der Waals surface area contributed by atoms with E-state index >= 15 is 0 Å². The SMILES string of the molecule is COc1ccc(NC(=O)CC2SC(=Nc3ccccc3C)N(Cc3ccccn3)C2=O)cc1OC. The van der Waals surface area contributed by atoms with Crippen LogP contribution >= 0.6 is 11.8 Å². The number of benzene rings is 2. The maximum absolute atomic E-state index is 13.3. The largest absolute Gasteiger partial charge is 0.493 e. The molecule has 0 aliphatic carbocycles. The van der Waals surface area contributed by atoms with Gasteiger partial charge in [0.1, 0.15) is 5.25 Å². The van der Waals surface area contributed by atoms with Crippen molar-refractivity contribution in [1.29, 1.82) is 0 Å². The normalized spacial score (nSPS) is 16.4. The van der Waals surface area contributed by atoms with Crippen LogP contribution < -0.4 is 14.8 Å². The van der Waals surface area contributed by atoms with Crippen LogP contribution in [0.1, 0.15) is 17.7 Å². The van der Waals surface area contributed by atoms with Crippen molar-refractivity contribution < 1.29 is 19.1 Å². The lowest BCUT2D eigenvalue weighted by Crippen LogP contribution is -2.33.